The lowest BCUT2D eigenvalue weighted by atomic mass is 9.95. The van der Waals surface area contributed by atoms with Crippen molar-refractivity contribution >= 4 is 5.78 Å². The van der Waals surface area contributed by atoms with Gasteiger partial charge in [0.1, 0.15) is 5.69 Å². The molecule has 30 heavy (non-hydrogen) atoms. The maximum Gasteiger partial charge on any atom is 0.329 e. The number of nitrogens with zero attached hydrogens (tertiary/aromatic N) is 1. The fourth-order valence-corrected chi connectivity index (χ4v) is 3.50. The standard InChI is InChI=1S/C25H24N2O3/c1-16(2)21-22(23(28)20-14-17(3)13-18(4)15-20)27(25(30)26-24(21)29)12-8-11-19-9-6-5-7-10-19/h5-7,9-10,13-16H,12H2,1-4H3,(H,26,29,30). The average molecular weight is 400 g/mol. The minimum atomic E-state index is -0.639. The topological polar surface area (TPSA) is 71.9 Å². The largest absolute Gasteiger partial charge is 0.329 e. The van der Waals surface area contributed by atoms with E-state index in [1.807, 2.05) is 64.1 Å². The van der Waals surface area contributed by atoms with Gasteiger partial charge in [0.25, 0.3) is 5.56 Å². The average Bonchev–Trinajstić information content (AvgIpc) is 2.68. The lowest BCUT2D eigenvalue weighted by molar-refractivity contribution is 0.102. The summed E-state index contributed by atoms with van der Waals surface area (Å²) in [6, 6.07) is 14.9. The van der Waals surface area contributed by atoms with Crippen LogP contribution in [0.2, 0.25) is 0 Å². The normalized spacial score (nSPS) is 10.6. The van der Waals surface area contributed by atoms with Gasteiger partial charge in [-0.1, -0.05) is 61.1 Å². The Morgan fingerprint density at radius 2 is 1.67 bits per heavy atom. The molecule has 0 aliphatic heterocycles. The molecule has 0 aliphatic carbocycles. The molecular formula is C25H24N2O3. The van der Waals surface area contributed by atoms with Crippen LogP contribution < -0.4 is 11.2 Å². The quantitative estimate of drug-likeness (QED) is 0.538. The highest BCUT2D eigenvalue weighted by Gasteiger charge is 2.24. The lowest BCUT2D eigenvalue weighted by Gasteiger charge is -2.16. The molecule has 0 amide bonds. The van der Waals surface area contributed by atoms with Crippen LogP contribution in [-0.2, 0) is 6.54 Å². The molecule has 1 aromatic heterocycles. The molecule has 2 aromatic carbocycles. The molecule has 0 spiro atoms. The maximum absolute atomic E-state index is 13.5. The summed E-state index contributed by atoms with van der Waals surface area (Å²) >= 11 is 0. The van der Waals surface area contributed by atoms with Crippen molar-refractivity contribution in [2.75, 3.05) is 0 Å². The van der Waals surface area contributed by atoms with Gasteiger partial charge in [-0.2, -0.15) is 0 Å². The first kappa shape index (κ1) is 21.1. The van der Waals surface area contributed by atoms with Gasteiger partial charge in [0, 0.05) is 16.7 Å². The van der Waals surface area contributed by atoms with Crippen molar-refractivity contribution in [3.63, 3.8) is 0 Å². The van der Waals surface area contributed by atoms with E-state index in [1.54, 1.807) is 12.1 Å². The van der Waals surface area contributed by atoms with Crippen molar-refractivity contribution in [1.82, 2.24) is 9.55 Å². The number of aryl methyl sites for hydroxylation is 2. The second-order valence-electron chi connectivity index (χ2n) is 7.64. The number of rotatable bonds is 4. The molecule has 0 radical (unpaired) electrons. The summed E-state index contributed by atoms with van der Waals surface area (Å²) in [5.41, 5.74) is 2.35. The van der Waals surface area contributed by atoms with Crippen LogP contribution in [0.4, 0.5) is 0 Å². The molecule has 152 valence electrons. The molecular weight excluding hydrogens is 376 g/mol. The molecule has 0 saturated heterocycles. The second kappa shape index (κ2) is 8.79. The Balaban J connectivity index is 2.18. The van der Waals surface area contributed by atoms with Crippen molar-refractivity contribution in [2.24, 2.45) is 0 Å². The van der Waals surface area contributed by atoms with E-state index in [-0.39, 0.29) is 23.9 Å². The van der Waals surface area contributed by atoms with Crippen LogP contribution in [0, 0.1) is 25.7 Å². The second-order valence-corrected chi connectivity index (χ2v) is 7.64. The highest BCUT2D eigenvalue weighted by Crippen LogP contribution is 2.19. The molecule has 0 unspecified atom stereocenters. The van der Waals surface area contributed by atoms with Crippen molar-refractivity contribution in [3.8, 4) is 11.8 Å². The number of aromatic nitrogens is 2. The zero-order valence-corrected chi connectivity index (χ0v) is 17.6. The molecule has 0 atom stereocenters. The fourth-order valence-electron chi connectivity index (χ4n) is 3.50. The van der Waals surface area contributed by atoms with E-state index in [9.17, 15) is 14.4 Å². The van der Waals surface area contributed by atoms with Gasteiger partial charge in [0.05, 0.1) is 6.54 Å². The third-order valence-electron chi connectivity index (χ3n) is 4.76. The Hall–Kier alpha value is -3.65. The Kier molecular flexibility index (Phi) is 6.17. The predicted molar refractivity (Wildman–Crippen MR) is 118 cm³/mol. The number of hydrogen-bond acceptors (Lipinski definition) is 3. The van der Waals surface area contributed by atoms with Gasteiger partial charge in [-0.15, -0.1) is 0 Å². The summed E-state index contributed by atoms with van der Waals surface area (Å²) < 4.78 is 1.27. The van der Waals surface area contributed by atoms with Crippen LogP contribution in [0.15, 0.2) is 58.1 Å². The number of H-pyrrole nitrogens is 1. The molecule has 1 N–H and O–H groups in total. The van der Waals surface area contributed by atoms with Gasteiger partial charge in [-0.05, 0) is 44.0 Å². The van der Waals surface area contributed by atoms with E-state index in [2.05, 4.69) is 16.8 Å². The third kappa shape index (κ3) is 4.49. The third-order valence-corrected chi connectivity index (χ3v) is 4.76. The fraction of sp³-hybridized carbons (Fsp3) is 0.240. The molecule has 0 fully saturated rings. The van der Waals surface area contributed by atoms with Crippen LogP contribution >= 0.6 is 0 Å². The van der Waals surface area contributed by atoms with E-state index < -0.39 is 11.2 Å². The van der Waals surface area contributed by atoms with Crippen LogP contribution in [0.3, 0.4) is 0 Å². The smallest absolute Gasteiger partial charge is 0.287 e. The van der Waals surface area contributed by atoms with E-state index in [4.69, 9.17) is 0 Å². The summed E-state index contributed by atoms with van der Waals surface area (Å²) in [6.07, 6.45) is 0. The SMILES string of the molecule is Cc1cc(C)cc(C(=O)c2c(C(C)C)c(=O)[nH]c(=O)n2CC#Cc2ccccc2)c1. The molecule has 0 bridgehead atoms. The summed E-state index contributed by atoms with van der Waals surface area (Å²) in [6.45, 7) is 7.46. The predicted octanol–water partition coefficient (Wildman–Crippen LogP) is 3.56. The zero-order chi connectivity index (χ0) is 21.8. The molecule has 0 saturated carbocycles. The number of benzene rings is 2. The summed E-state index contributed by atoms with van der Waals surface area (Å²) in [4.78, 5) is 41.0. The highest BCUT2D eigenvalue weighted by atomic mass is 16.2. The van der Waals surface area contributed by atoms with Gasteiger partial charge in [0.15, 0.2) is 0 Å². The van der Waals surface area contributed by atoms with Crippen LogP contribution in [0.1, 0.15) is 58.1 Å². The Labute approximate surface area is 175 Å². The Morgan fingerprint density at radius 1 is 1.03 bits per heavy atom. The first-order valence-corrected chi connectivity index (χ1v) is 9.82. The number of hydrogen-bond donors (Lipinski definition) is 1. The van der Waals surface area contributed by atoms with Crippen molar-refractivity contribution < 1.29 is 4.79 Å². The molecule has 3 aromatic rings. The van der Waals surface area contributed by atoms with E-state index in [0.717, 1.165) is 16.7 Å². The highest BCUT2D eigenvalue weighted by molar-refractivity contribution is 6.09. The van der Waals surface area contributed by atoms with Gasteiger partial charge in [-0.25, -0.2) is 4.79 Å². The van der Waals surface area contributed by atoms with Gasteiger partial charge < -0.3 is 0 Å². The molecule has 5 heteroatoms. The summed E-state index contributed by atoms with van der Waals surface area (Å²) in [5, 5.41) is 0. The summed E-state index contributed by atoms with van der Waals surface area (Å²) in [7, 11) is 0. The number of carbonyl (C=O) groups excluding carboxylic acids is 1. The first-order valence-electron chi connectivity index (χ1n) is 9.82. The van der Waals surface area contributed by atoms with Crippen molar-refractivity contribution in [3.05, 3.63) is 103 Å². The molecule has 3 rings (SSSR count). The van der Waals surface area contributed by atoms with Crippen molar-refractivity contribution in [2.45, 2.75) is 40.2 Å². The van der Waals surface area contributed by atoms with Gasteiger partial charge in [-0.3, -0.25) is 19.1 Å². The number of carbonyl (C=O) groups is 1. The van der Waals surface area contributed by atoms with E-state index in [0.29, 0.717) is 11.1 Å². The van der Waals surface area contributed by atoms with Crippen LogP contribution in [-0.4, -0.2) is 15.3 Å². The van der Waals surface area contributed by atoms with Crippen molar-refractivity contribution in [1.29, 1.82) is 0 Å². The van der Waals surface area contributed by atoms with Gasteiger partial charge in [0.2, 0.25) is 5.78 Å². The molecule has 0 aliphatic rings. The maximum atomic E-state index is 13.5. The number of aromatic amines is 1. The minimum Gasteiger partial charge on any atom is -0.287 e. The lowest BCUT2D eigenvalue weighted by Crippen LogP contribution is -2.37. The minimum absolute atomic E-state index is 0.00387. The number of nitrogens with one attached hydrogen (secondary N) is 1. The Morgan fingerprint density at radius 3 is 2.27 bits per heavy atom. The summed E-state index contributed by atoms with van der Waals surface area (Å²) in [5.74, 6) is 5.35. The van der Waals surface area contributed by atoms with Gasteiger partial charge >= 0.3 is 5.69 Å². The van der Waals surface area contributed by atoms with E-state index in [1.165, 1.54) is 4.57 Å². The zero-order valence-electron chi connectivity index (χ0n) is 17.6. The molecule has 5 nitrogen and oxygen atoms in total. The molecule has 1 heterocycles. The van der Waals surface area contributed by atoms with Crippen LogP contribution in [0.25, 0.3) is 0 Å². The first-order chi connectivity index (χ1) is 14.3. The van der Waals surface area contributed by atoms with E-state index >= 15 is 0 Å². The monoisotopic (exact) mass is 400 g/mol. The number of ketones is 1. The Bertz CT molecular complexity index is 1250. The van der Waals surface area contributed by atoms with Crippen LogP contribution in [0.5, 0.6) is 0 Å².